The largest absolute Gasteiger partial charge is 0.394 e. The third kappa shape index (κ3) is 2.90. The van der Waals surface area contributed by atoms with E-state index in [0.717, 1.165) is 32.4 Å². The molecule has 8 nitrogen and oxygen atoms in total. The van der Waals surface area contributed by atoms with Crippen molar-refractivity contribution in [3.05, 3.63) is 32.6 Å². The van der Waals surface area contributed by atoms with E-state index >= 15 is 0 Å². The maximum atomic E-state index is 12.3. The maximum Gasteiger partial charge on any atom is 0.330 e. The first-order valence-corrected chi connectivity index (χ1v) is 8.29. The third-order valence-corrected chi connectivity index (χ3v) is 4.94. The van der Waals surface area contributed by atoms with Crippen LogP contribution in [0.2, 0.25) is 0 Å². The number of hydrogen-bond donors (Lipinski definition) is 2. The Hall–Kier alpha value is -1.95. The van der Waals surface area contributed by atoms with Gasteiger partial charge in [0.15, 0.2) is 6.23 Å². The van der Waals surface area contributed by atoms with Gasteiger partial charge in [-0.2, -0.15) is 5.26 Å². The van der Waals surface area contributed by atoms with Crippen molar-refractivity contribution in [1.29, 1.82) is 5.26 Å². The second-order valence-corrected chi connectivity index (χ2v) is 6.47. The quantitative estimate of drug-likeness (QED) is 0.787. The van der Waals surface area contributed by atoms with Gasteiger partial charge < -0.3 is 9.84 Å². The minimum absolute atomic E-state index is 0.282. The van der Waals surface area contributed by atoms with E-state index < -0.39 is 29.5 Å². The lowest BCUT2D eigenvalue weighted by atomic mass is 9.94. The van der Waals surface area contributed by atoms with Gasteiger partial charge in [-0.05, 0) is 32.9 Å². The Balaban J connectivity index is 2.03. The van der Waals surface area contributed by atoms with Gasteiger partial charge in [0.1, 0.15) is 6.10 Å². The molecule has 3 heterocycles. The molecule has 0 spiro atoms. The van der Waals surface area contributed by atoms with Crippen molar-refractivity contribution in [2.24, 2.45) is 5.92 Å². The highest BCUT2D eigenvalue weighted by molar-refractivity contribution is 5.08. The second kappa shape index (κ2) is 6.89. The molecular formula is C16H22N4O4. The topological polar surface area (TPSA) is 111 Å². The standard InChI is InChI=1S/C16H22N4O4/c1-10-8-20(16(23)18-14(10)22)15-13(19-5-3-2-4-6-19)11(7-17)12(9-21)24-15/h8,11-13,15,21H,2-6,9H2,1H3,(H,18,22,23)/t11-,12+,13+,15+/m0/s1. The van der Waals surface area contributed by atoms with Gasteiger partial charge in [0, 0.05) is 11.8 Å². The van der Waals surface area contributed by atoms with E-state index in [1.807, 2.05) is 0 Å². The molecule has 2 fully saturated rings. The number of rotatable bonds is 3. The smallest absolute Gasteiger partial charge is 0.330 e. The van der Waals surface area contributed by atoms with E-state index in [0.29, 0.717) is 5.56 Å². The van der Waals surface area contributed by atoms with Crippen LogP contribution in [-0.4, -0.2) is 51.4 Å². The Bertz CT molecular complexity index is 744. The summed E-state index contributed by atoms with van der Waals surface area (Å²) in [6.07, 6.45) is 3.33. The average molecular weight is 334 g/mol. The van der Waals surface area contributed by atoms with Crippen LogP contribution in [0.25, 0.3) is 0 Å². The summed E-state index contributed by atoms with van der Waals surface area (Å²) in [6, 6.07) is 1.92. The van der Waals surface area contributed by atoms with E-state index in [1.54, 1.807) is 6.92 Å². The first-order valence-electron chi connectivity index (χ1n) is 8.29. The highest BCUT2D eigenvalue weighted by atomic mass is 16.5. The Morgan fingerprint density at radius 2 is 2.08 bits per heavy atom. The van der Waals surface area contributed by atoms with Gasteiger partial charge in [0.05, 0.1) is 24.6 Å². The minimum atomic E-state index is -0.701. The number of aryl methyl sites for hydroxylation is 1. The SMILES string of the molecule is Cc1cn([C@@H]2O[C@H](CO)[C@H](C#N)[C@H]2N2CCCCC2)c(=O)[nH]c1=O. The zero-order chi connectivity index (χ0) is 17.3. The summed E-state index contributed by atoms with van der Waals surface area (Å²) in [7, 11) is 0. The Morgan fingerprint density at radius 1 is 1.38 bits per heavy atom. The lowest BCUT2D eigenvalue weighted by Gasteiger charge is -2.36. The summed E-state index contributed by atoms with van der Waals surface area (Å²) in [6.45, 7) is 3.00. The molecule has 130 valence electrons. The number of aromatic amines is 1. The van der Waals surface area contributed by atoms with E-state index in [9.17, 15) is 20.0 Å². The molecule has 0 aliphatic carbocycles. The van der Waals surface area contributed by atoms with Gasteiger partial charge in [-0.15, -0.1) is 0 Å². The summed E-state index contributed by atoms with van der Waals surface area (Å²) < 4.78 is 7.21. The van der Waals surface area contributed by atoms with Crippen molar-refractivity contribution in [2.75, 3.05) is 19.7 Å². The first kappa shape index (κ1) is 16.9. The van der Waals surface area contributed by atoms with Gasteiger partial charge in [-0.25, -0.2) is 4.79 Å². The fourth-order valence-corrected chi connectivity index (χ4v) is 3.69. The summed E-state index contributed by atoms with van der Waals surface area (Å²) in [5.74, 6) is -0.530. The van der Waals surface area contributed by atoms with Crippen LogP contribution in [0.5, 0.6) is 0 Å². The monoisotopic (exact) mass is 334 g/mol. The van der Waals surface area contributed by atoms with Crippen LogP contribution in [0, 0.1) is 24.2 Å². The van der Waals surface area contributed by atoms with E-state index in [1.165, 1.54) is 10.8 Å². The molecule has 1 aromatic heterocycles. The van der Waals surface area contributed by atoms with Crippen LogP contribution < -0.4 is 11.2 Å². The lowest BCUT2D eigenvalue weighted by Crippen LogP contribution is -2.48. The summed E-state index contributed by atoms with van der Waals surface area (Å²) in [5, 5.41) is 19.2. The van der Waals surface area contributed by atoms with Gasteiger partial charge in [-0.1, -0.05) is 6.42 Å². The molecule has 24 heavy (non-hydrogen) atoms. The molecule has 8 heteroatoms. The highest BCUT2D eigenvalue weighted by Crippen LogP contribution is 2.37. The maximum absolute atomic E-state index is 12.3. The van der Waals surface area contributed by atoms with Crippen LogP contribution in [0.15, 0.2) is 15.8 Å². The van der Waals surface area contributed by atoms with Gasteiger partial charge in [0.25, 0.3) is 5.56 Å². The number of ether oxygens (including phenoxy) is 1. The number of likely N-dealkylation sites (tertiary alicyclic amines) is 1. The Morgan fingerprint density at radius 3 is 2.71 bits per heavy atom. The van der Waals surface area contributed by atoms with Crippen molar-refractivity contribution < 1.29 is 9.84 Å². The third-order valence-electron chi connectivity index (χ3n) is 4.94. The number of piperidine rings is 1. The molecular weight excluding hydrogens is 312 g/mol. The zero-order valence-electron chi connectivity index (χ0n) is 13.6. The summed E-state index contributed by atoms with van der Waals surface area (Å²) in [5.41, 5.74) is -0.594. The van der Waals surface area contributed by atoms with Crippen molar-refractivity contribution in [1.82, 2.24) is 14.5 Å². The first-order chi connectivity index (χ1) is 11.6. The minimum Gasteiger partial charge on any atom is -0.394 e. The van der Waals surface area contributed by atoms with E-state index in [2.05, 4.69) is 16.0 Å². The van der Waals surface area contributed by atoms with Crippen LogP contribution in [0.3, 0.4) is 0 Å². The molecule has 0 saturated carbocycles. The molecule has 4 atom stereocenters. The van der Waals surface area contributed by atoms with Crippen LogP contribution in [0.4, 0.5) is 0 Å². The summed E-state index contributed by atoms with van der Waals surface area (Å²) in [4.78, 5) is 28.3. The number of H-pyrrole nitrogens is 1. The van der Waals surface area contributed by atoms with E-state index in [4.69, 9.17) is 4.74 Å². The van der Waals surface area contributed by atoms with Crippen LogP contribution in [-0.2, 0) is 4.74 Å². The molecule has 2 aliphatic heterocycles. The zero-order valence-corrected chi connectivity index (χ0v) is 13.6. The van der Waals surface area contributed by atoms with Crippen molar-refractivity contribution in [3.8, 4) is 6.07 Å². The molecule has 2 N–H and O–H groups in total. The molecule has 2 aliphatic rings. The normalized spacial score (nSPS) is 31.0. The predicted octanol–water partition coefficient (Wildman–Crippen LogP) is -0.271. The number of nitriles is 1. The summed E-state index contributed by atoms with van der Waals surface area (Å²) >= 11 is 0. The van der Waals surface area contributed by atoms with Crippen LogP contribution in [0.1, 0.15) is 31.1 Å². The number of aliphatic hydroxyl groups excluding tert-OH is 1. The fraction of sp³-hybridized carbons (Fsp3) is 0.688. The molecule has 2 saturated heterocycles. The molecule has 0 unspecified atom stereocenters. The second-order valence-electron chi connectivity index (χ2n) is 6.47. The molecule has 0 radical (unpaired) electrons. The van der Waals surface area contributed by atoms with E-state index in [-0.39, 0.29) is 12.6 Å². The number of aromatic nitrogens is 2. The average Bonchev–Trinajstić information content (AvgIpc) is 2.97. The predicted molar refractivity (Wildman–Crippen MR) is 85.4 cm³/mol. The van der Waals surface area contributed by atoms with Crippen molar-refractivity contribution in [2.45, 2.75) is 44.6 Å². The Labute approximate surface area is 139 Å². The van der Waals surface area contributed by atoms with Gasteiger partial charge in [-0.3, -0.25) is 19.2 Å². The van der Waals surface area contributed by atoms with Gasteiger partial charge in [0.2, 0.25) is 0 Å². The molecule has 0 bridgehead atoms. The van der Waals surface area contributed by atoms with Crippen molar-refractivity contribution >= 4 is 0 Å². The van der Waals surface area contributed by atoms with Crippen LogP contribution >= 0.6 is 0 Å². The number of aliphatic hydroxyl groups is 1. The molecule has 1 aromatic rings. The Kier molecular flexibility index (Phi) is 4.85. The van der Waals surface area contributed by atoms with Crippen molar-refractivity contribution in [3.63, 3.8) is 0 Å². The molecule has 3 rings (SSSR count). The number of nitrogens with one attached hydrogen (secondary N) is 1. The fourth-order valence-electron chi connectivity index (χ4n) is 3.69. The lowest BCUT2D eigenvalue weighted by molar-refractivity contribution is -0.0463. The van der Waals surface area contributed by atoms with Gasteiger partial charge >= 0.3 is 5.69 Å². The molecule has 0 aromatic carbocycles. The highest BCUT2D eigenvalue weighted by Gasteiger charge is 2.48. The molecule has 0 amide bonds. The number of nitrogens with zero attached hydrogens (tertiary/aromatic N) is 3. The number of hydrogen-bond acceptors (Lipinski definition) is 6.